The summed E-state index contributed by atoms with van der Waals surface area (Å²) in [5.41, 5.74) is 19.4. The molecular weight excluding hydrogens is 849 g/mol. The summed E-state index contributed by atoms with van der Waals surface area (Å²) in [6, 6.07) is 85.5. The van der Waals surface area contributed by atoms with Gasteiger partial charge in [0, 0.05) is 16.7 Å². The highest BCUT2D eigenvalue weighted by Gasteiger charge is 2.22. The number of nitrogens with zero attached hydrogens (tertiary/aromatic N) is 4. The Labute approximate surface area is 406 Å². The number of hydrogen-bond donors (Lipinski definition) is 0. The molecule has 12 aromatic rings. The standard InChI is InChI=1S/C66H40N4/c1-67-56-33-35-57(53-21-8-19-49(38-53)52-32-34-58-59-24-10-16-44-17-11-25-60(63(44)59)62(58)40-52)61(41-56)54-22-7-18-48(37-54)43-26-29-46(30-27-43)65-68-64(45-13-3-2-4-14-45)69-66(70-65)55-23-9-20-50(39-55)51-31-28-42-12-5-6-15-47(42)36-51/h2-41H. The van der Waals surface area contributed by atoms with Gasteiger partial charge >= 0.3 is 0 Å². The van der Waals surface area contributed by atoms with Crippen LogP contribution in [0.15, 0.2) is 243 Å². The van der Waals surface area contributed by atoms with Crippen LogP contribution in [0.4, 0.5) is 5.69 Å². The maximum Gasteiger partial charge on any atom is 0.187 e. The van der Waals surface area contributed by atoms with Crippen LogP contribution >= 0.6 is 0 Å². The maximum absolute atomic E-state index is 7.95. The molecule has 11 aromatic carbocycles. The number of fused-ring (bicyclic) bond motifs is 4. The van der Waals surface area contributed by atoms with E-state index in [0.717, 1.165) is 66.8 Å². The first-order valence-electron chi connectivity index (χ1n) is 23.5. The van der Waals surface area contributed by atoms with E-state index in [4.69, 9.17) is 21.5 Å². The number of benzene rings is 11. The Balaban J connectivity index is 0.829. The van der Waals surface area contributed by atoms with Crippen LogP contribution in [0.3, 0.4) is 0 Å². The van der Waals surface area contributed by atoms with Crippen molar-refractivity contribution in [1.82, 2.24) is 15.0 Å². The van der Waals surface area contributed by atoms with Crippen molar-refractivity contribution in [3.63, 3.8) is 0 Å². The highest BCUT2D eigenvalue weighted by atomic mass is 15.0. The minimum absolute atomic E-state index is 0.601. The van der Waals surface area contributed by atoms with E-state index in [1.807, 2.05) is 42.5 Å². The van der Waals surface area contributed by atoms with Crippen LogP contribution in [0.25, 0.3) is 138 Å². The van der Waals surface area contributed by atoms with E-state index in [1.165, 1.54) is 49.4 Å². The predicted octanol–water partition coefficient (Wildman–Crippen LogP) is 17.7. The van der Waals surface area contributed by atoms with Gasteiger partial charge < -0.3 is 0 Å². The van der Waals surface area contributed by atoms with Gasteiger partial charge in [-0.3, -0.25) is 0 Å². The van der Waals surface area contributed by atoms with Crippen LogP contribution in [0.1, 0.15) is 0 Å². The summed E-state index contributed by atoms with van der Waals surface area (Å²) in [7, 11) is 0. The summed E-state index contributed by atoms with van der Waals surface area (Å²) in [4.78, 5) is 19.0. The largest absolute Gasteiger partial charge is 0.238 e. The average molecular weight is 889 g/mol. The Morgan fingerprint density at radius 1 is 0.243 bits per heavy atom. The second-order valence-corrected chi connectivity index (χ2v) is 17.9. The SMILES string of the molecule is [C-]#[N+]c1ccc(-c2cccc(-c3ccc4c(c3)-c3cccc5cccc-4c35)c2)c(-c2cccc(-c3ccc(-c4nc(-c5ccccc5)nc(-c5cccc(-c6ccc7ccccc7c6)c5)n4)cc3)c2)c1. The van der Waals surface area contributed by atoms with Gasteiger partial charge in [-0.15, -0.1) is 0 Å². The van der Waals surface area contributed by atoms with E-state index >= 15 is 0 Å². The number of hydrogen-bond acceptors (Lipinski definition) is 3. The molecule has 0 saturated carbocycles. The fraction of sp³-hybridized carbons (Fsp3) is 0. The molecule has 324 valence electrons. The molecular formula is C66H40N4. The van der Waals surface area contributed by atoms with Gasteiger partial charge in [-0.2, -0.15) is 0 Å². The first kappa shape index (κ1) is 40.7. The molecule has 0 amide bonds. The third-order valence-corrected chi connectivity index (χ3v) is 13.7. The van der Waals surface area contributed by atoms with E-state index < -0.39 is 0 Å². The fourth-order valence-electron chi connectivity index (χ4n) is 10.2. The highest BCUT2D eigenvalue weighted by Crippen LogP contribution is 2.48. The lowest BCUT2D eigenvalue weighted by Gasteiger charge is -2.14. The van der Waals surface area contributed by atoms with Gasteiger partial charge in [0.1, 0.15) is 0 Å². The molecule has 1 aliphatic carbocycles. The van der Waals surface area contributed by atoms with E-state index in [2.05, 4.69) is 205 Å². The van der Waals surface area contributed by atoms with Gasteiger partial charge in [0.25, 0.3) is 0 Å². The minimum atomic E-state index is 0.601. The molecule has 1 aliphatic rings. The average Bonchev–Trinajstić information content (AvgIpc) is 3.77. The molecule has 0 spiro atoms. The second kappa shape index (κ2) is 16.9. The fourth-order valence-corrected chi connectivity index (χ4v) is 10.2. The highest BCUT2D eigenvalue weighted by molar-refractivity contribution is 6.15. The van der Waals surface area contributed by atoms with Crippen molar-refractivity contribution in [3.8, 4) is 112 Å². The normalized spacial score (nSPS) is 11.4. The first-order chi connectivity index (χ1) is 34.6. The van der Waals surface area contributed by atoms with Crippen LogP contribution < -0.4 is 0 Å². The Morgan fingerprint density at radius 2 is 0.700 bits per heavy atom. The van der Waals surface area contributed by atoms with Crippen molar-refractivity contribution >= 4 is 27.2 Å². The Kier molecular flexibility index (Phi) is 9.85. The Morgan fingerprint density at radius 3 is 1.41 bits per heavy atom. The second-order valence-electron chi connectivity index (χ2n) is 17.9. The molecule has 0 aliphatic heterocycles. The van der Waals surface area contributed by atoms with Crippen molar-refractivity contribution in [2.75, 3.05) is 0 Å². The zero-order valence-corrected chi connectivity index (χ0v) is 37.9. The molecule has 0 unspecified atom stereocenters. The first-order valence-corrected chi connectivity index (χ1v) is 23.5. The Hall–Kier alpha value is -9.56. The summed E-state index contributed by atoms with van der Waals surface area (Å²) < 4.78 is 0. The third kappa shape index (κ3) is 7.31. The van der Waals surface area contributed by atoms with Gasteiger partial charge in [-0.05, 0) is 136 Å². The Bertz CT molecular complexity index is 4070. The van der Waals surface area contributed by atoms with Crippen LogP contribution in [0.2, 0.25) is 0 Å². The molecule has 0 atom stereocenters. The summed E-state index contributed by atoms with van der Waals surface area (Å²) >= 11 is 0. The van der Waals surface area contributed by atoms with E-state index in [9.17, 15) is 0 Å². The van der Waals surface area contributed by atoms with Gasteiger partial charge in [0.2, 0.25) is 0 Å². The predicted molar refractivity (Wildman–Crippen MR) is 289 cm³/mol. The van der Waals surface area contributed by atoms with Gasteiger partial charge in [-0.1, -0.05) is 206 Å². The molecule has 1 heterocycles. The smallest absolute Gasteiger partial charge is 0.187 e. The van der Waals surface area contributed by atoms with Crippen molar-refractivity contribution in [3.05, 3.63) is 254 Å². The maximum atomic E-state index is 7.95. The third-order valence-electron chi connectivity index (χ3n) is 13.7. The molecule has 70 heavy (non-hydrogen) atoms. The topological polar surface area (TPSA) is 43.0 Å². The molecule has 4 nitrogen and oxygen atoms in total. The van der Waals surface area contributed by atoms with Crippen LogP contribution in [0, 0.1) is 6.57 Å². The van der Waals surface area contributed by atoms with Crippen molar-refractivity contribution in [2.24, 2.45) is 0 Å². The van der Waals surface area contributed by atoms with Crippen LogP contribution in [0.5, 0.6) is 0 Å². The van der Waals surface area contributed by atoms with Crippen LogP contribution in [-0.4, -0.2) is 15.0 Å². The molecule has 0 saturated heterocycles. The molecule has 1 aromatic heterocycles. The van der Waals surface area contributed by atoms with Crippen molar-refractivity contribution in [2.45, 2.75) is 0 Å². The summed E-state index contributed by atoms with van der Waals surface area (Å²) in [5.74, 6) is 1.83. The number of aromatic nitrogens is 3. The molecule has 13 rings (SSSR count). The van der Waals surface area contributed by atoms with E-state index in [1.54, 1.807) is 0 Å². The summed E-state index contributed by atoms with van der Waals surface area (Å²) in [6.45, 7) is 7.95. The van der Waals surface area contributed by atoms with Crippen molar-refractivity contribution < 1.29 is 0 Å². The quantitative estimate of drug-likeness (QED) is 0.143. The molecule has 0 fully saturated rings. The summed E-state index contributed by atoms with van der Waals surface area (Å²) in [6.07, 6.45) is 0. The molecule has 4 heteroatoms. The van der Waals surface area contributed by atoms with Gasteiger partial charge in [0.15, 0.2) is 23.2 Å². The molecule has 0 N–H and O–H groups in total. The summed E-state index contributed by atoms with van der Waals surface area (Å²) in [5, 5.41) is 5.02. The lowest BCUT2D eigenvalue weighted by atomic mass is 9.90. The zero-order chi connectivity index (χ0) is 46.5. The molecule has 0 radical (unpaired) electrons. The van der Waals surface area contributed by atoms with Gasteiger partial charge in [-0.25, -0.2) is 19.8 Å². The van der Waals surface area contributed by atoms with Gasteiger partial charge in [0.05, 0.1) is 6.57 Å². The van der Waals surface area contributed by atoms with Crippen LogP contribution in [-0.2, 0) is 0 Å². The van der Waals surface area contributed by atoms with E-state index in [0.29, 0.717) is 23.2 Å². The molecule has 0 bridgehead atoms. The lowest BCUT2D eigenvalue weighted by molar-refractivity contribution is 1.07. The monoisotopic (exact) mass is 888 g/mol. The van der Waals surface area contributed by atoms with E-state index in [-0.39, 0.29) is 0 Å². The minimum Gasteiger partial charge on any atom is -0.238 e. The zero-order valence-electron chi connectivity index (χ0n) is 37.9. The lowest BCUT2D eigenvalue weighted by Crippen LogP contribution is -2.00. The van der Waals surface area contributed by atoms with Crippen molar-refractivity contribution in [1.29, 1.82) is 0 Å². The number of rotatable bonds is 8.